The standard InChI is InChI=1S/C27H18Cl4F3N9O2/c1-13-5-15(28)9-19(24(44)36-11-14-6-16(29)8-17(30)7-14)22(13)37-25(45)21-10-18(12-42-40-26(38-41-42)27(32,33)34)39-43(21)23-20(31)3-2-4-35-23/h2-10H,11-12H2,1H3,(H,36,44)(H,37,45). The molecule has 0 fully saturated rings. The average molecular weight is 699 g/mol. The second-order valence-electron chi connectivity index (χ2n) is 9.44. The number of aromatic nitrogens is 7. The van der Waals surface area contributed by atoms with E-state index in [0.717, 1.165) is 4.68 Å². The third kappa shape index (κ3) is 7.53. The third-order valence-corrected chi connectivity index (χ3v) is 7.05. The van der Waals surface area contributed by atoms with Crippen molar-refractivity contribution in [2.75, 3.05) is 5.32 Å². The van der Waals surface area contributed by atoms with Gasteiger partial charge in [0.15, 0.2) is 5.82 Å². The number of nitrogens with one attached hydrogen (secondary N) is 2. The summed E-state index contributed by atoms with van der Waals surface area (Å²) in [5, 5.41) is 20.7. The Morgan fingerprint density at radius 2 is 1.64 bits per heavy atom. The molecule has 0 radical (unpaired) electrons. The molecule has 0 aliphatic heterocycles. The van der Waals surface area contributed by atoms with E-state index in [0.29, 0.717) is 26.0 Å². The molecular formula is C27H18Cl4F3N9O2. The fourth-order valence-corrected chi connectivity index (χ4v) is 5.23. The van der Waals surface area contributed by atoms with Gasteiger partial charge in [0.2, 0.25) is 0 Å². The van der Waals surface area contributed by atoms with Crippen LogP contribution in [0.25, 0.3) is 5.82 Å². The smallest absolute Gasteiger partial charge is 0.348 e. The Balaban J connectivity index is 1.47. The van der Waals surface area contributed by atoms with Crippen LogP contribution in [0.4, 0.5) is 18.9 Å². The van der Waals surface area contributed by atoms with Gasteiger partial charge in [-0.2, -0.15) is 23.1 Å². The molecule has 2 N–H and O–H groups in total. The minimum absolute atomic E-state index is 0.0510. The first kappa shape index (κ1) is 32.2. The Hall–Kier alpha value is -4.24. The number of carbonyl (C=O) groups is 2. The third-order valence-electron chi connectivity index (χ3n) is 6.10. The Morgan fingerprint density at radius 1 is 0.933 bits per heavy atom. The van der Waals surface area contributed by atoms with Crippen LogP contribution in [-0.4, -0.2) is 46.8 Å². The second kappa shape index (κ2) is 13.0. The molecule has 0 spiro atoms. The number of rotatable bonds is 8. The topological polar surface area (TPSA) is 133 Å². The molecule has 3 aromatic heterocycles. The average Bonchev–Trinajstić information content (AvgIpc) is 3.60. The van der Waals surface area contributed by atoms with Gasteiger partial charge >= 0.3 is 6.18 Å². The molecule has 0 bridgehead atoms. The van der Waals surface area contributed by atoms with E-state index in [1.54, 1.807) is 37.3 Å². The van der Waals surface area contributed by atoms with Crippen LogP contribution in [0.2, 0.25) is 20.1 Å². The maximum atomic E-state index is 13.8. The minimum Gasteiger partial charge on any atom is -0.348 e. The monoisotopic (exact) mass is 697 g/mol. The Kier molecular flexibility index (Phi) is 9.30. The van der Waals surface area contributed by atoms with E-state index in [-0.39, 0.29) is 51.6 Å². The first-order chi connectivity index (χ1) is 21.3. The summed E-state index contributed by atoms with van der Waals surface area (Å²) in [4.78, 5) is 31.9. The van der Waals surface area contributed by atoms with Gasteiger partial charge in [0, 0.05) is 27.8 Å². The zero-order valence-electron chi connectivity index (χ0n) is 22.7. The van der Waals surface area contributed by atoms with Crippen LogP contribution in [0, 0.1) is 6.92 Å². The van der Waals surface area contributed by atoms with Crippen molar-refractivity contribution >= 4 is 63.9 Å². The van der Waals surface area contributed by atoms with Gasteiger partial charge < -0.3 is 10.6 Å². The SMILES string of the molecule is Cc1cc(Cl)cc(C(=O)NCc2cc(Cl)cc(Cl)c2)c1NC(=O)c1cc(Cn2nnc(C(F)(F)F)n2)nn1-c1ncccc1Cl. The van der Waals surface area contributed by atoms with Crippen LogP contribution in [0.3, 0.4) is 0 Å². The molecule has 5 rings (SSSR count). The molecule has 2 aromatic carbocycles. The zero-order valence-corrected chi connectivity index (χ0v) is 25.7. The zero-order chi connectivity index (χ0) is 32.5. The van der Waals surface area contributed by atoms with Crippen molar-refractivity contribution in [3.8, 4) is 5.82 Å². The quantitative estimate of drug-likeness (QED) is 0.191. The molecule has 18 heteroatoms. The lowest BCUT2D eigenvalue weighted by atomic mass is 10.1. The van der Waals surface area contributed by atoms with Gasteiger partial charge in [-0.1, -0.05) is 46.4 Å². The number of pyridine rings is 1. The Morgan fingerprint density at radius 3 is 2.31 bits per heavy atom. The number of hydrogen-bond donors (Lipinski definition) is 2. The molecule has 232 valence electrons. The molecule has 5 aromatic rings. The molecule has 0 saturated heterocycles. The highest BCUT2D eigenvalue weighted by Gasteiger charge is 2.37. The molecule has 0 aliphatic rings. The lowest BCUT2D eigenvalue weighted by Crippen LogP contribution is -2.26. The van der Waals surface area contributed by atoms with Crippen LogP contribution < -0.4 is 10.6 Å². The fourth-order valence-electron chi connectivity index (χ4n) is 4.19. The van der Waals surface area contributed by atoms with Crippen molar-refractivity contribution in [3.63, 3.8) is 0 Å². The number of amides is 2. The highest BCUT2D eigenvalue weighted by Crippen LogP contribution is 2.28. The Bertz CT molecular complexity index is 1910. The summed E-state index contributed by atoms with van der Waals surface area (Å²) < 4.78 is 40.1. The van der Waals surface area contributed by atoms with Gasteiger partial charge in [0.05, 0.1) is 22.0 Å². The largest absolute Gasteiger partial charge is 0.455 e. The van der Waals surface area contributed by atoms with Crippen molar-refractivity contribution in [2.24, 2.45) is 0 Å². The number of alkyl halides is 3. The lowest BCUT2D eigenvalue weighted by Gasteiger charge is -2.15. The number of anilines is 1. The van der Waals surface area contributed by atoms with Crippen LogP contribution in [0.1, 0.15) is 43.5 Å². The predicted molar refractivity (Wildman–Crippen MR) is 160 cm³/mol. The number of carbonyl (C=O) groups excluding carboxylic acids is 2. The van der Waals surface area contributed by atoms with E-state index in [9.17, 15) is 22.8 Å². The number of nitrogens with zero attached hydrogens (tertiary/aromatic N) is 7. The predicted octanol–water partition coefficient (Wildman–Crippen LogP) is 6.43. The number of benzene rings is 2. The second-order valence-corrected chi connectivity index (χ2v) is 11.2. The highest BCUT2D eigenvalue weighted by molar-refractivity contribution is 6.34. The fraction of sp³-hybridized carbons (Fsp3) is 0.148. The summed E-state index contributed by atoms with van der Waals surface area (Å²) in [7, 11) is 0. The molecule has 2 amide bonds. The van der Waals surface area contributed by atoms with E-state index in [2.05, 4.69) is 36.1 Å². The van der Waals surface area contributed by atoms with Gasteiger partial charge in [-0.05, 0) is 71.8 Å². The molecular weight excluding hydrogens is 681 g/mol. The lowest BCUT2D eigenvalue weighted by molar-refractivity contribution is -0.145. The Labute approximate surface area is 272 Å². The highest BCUT2D eigenvalue weighted by atomic mass is 35.5. The molecule has 11 nitrogen and oxygen atoms in total. The molecule has 0 aliphatic carbocycles. The normalized spacial score (nSPS) is 11.5. The van der Waals surface area contributed by atoms with Crippen LogP contribution in [-0.2, 0) is 19.3 Å². The summed E-state index contributed by atoms with van der Waals surface area (Å²) in [6.45, 7) is 1.34. The minimum atomic E-state index is -4.80. The van der Waals surface area contributed by atoms with E-state index in [4.69, 9.17) is 46.4 Å². The van der Waals surface area contributed by atoms with E-state index < -0.39 is 23.8 Å². The first-order valence-corrected chi connectivity index (χ1v) is 14.2. The van der Waals surface area contributed by atoms with Crippen LogP contribution >= 0.6 is 46.4 Å². The molecule has 45 heavy (non-hydrogen) atoms. The summed E-state index contributed by atoms with van der Waals surface area (Å²) in [5.41, 5.74) is 1.25. The van der Waals surface area contributed by atoms with Gasteiger partial charge in [-0.25, -0.2) is 9.67 Å². The molecule has 0 saturated carbocycles. The van der Waals surface area contributed by atoms with Crippen molar-refractivity contribution in [1.29, 1.82) is 0 Å². The first-order valence-electron chi connectivity index (χ1n) is 12.7. The van der Waals surface area contributed by atoms with Gasteiger partial charge in [-0.3, -0.25) is 9.59 Å². The number of tetrazole rings is 1. The summed E-state index contributed by atoms with van der Waals surface area (Å²) in [6.07, 6.45) is -3.39. The van der Waals surface area contributed by atoms with E-state index >= 15 is 0 Å². The maximum absolute atomic E-state index is 13.8. The summed E-state index contributed by atoms with van der Waals surface area (Å²) in [6, 6.07) is 12.1. The molecule has 0 unspecified atom stereocenters. The van der Waals surface area contributed by atoms with Crippen molar-refractivity contribution in [3.05, 3.63) is 109 Å². The van der Waals surface area contributed by atoms with Gasteiger partial charge in [0.1, 0.15) is 12.2 Å². The molecule has 0 atom stereocenters. The van der Waals surface area contributed by atoms with E-state index in [1.807, 2.05) is 0 Å². The van der Waals surface area contributed by atoms with Crippen molar-refractivity contribution in [1.82, 2.24) is 40.3 Å². The molecule has 3 heterocycles. The van der Waals surface area contributed by atoms with Gasteiger partial charge in [0.25, 0.3) is 17.6 Å². The van der Waals surface area contributed by atoms with Crippen LogP contribution in [0.5, 0.6) is 0 Å². The number of hydrogen-bond acceptors (Lipinski definition) is 7. The van der Waals surface area contributed by atoms with E-state index in [1.165, 1.54) is 24.4 Å². The number of halogens is 7. The van der Waals surface area contributed by atoms with Gasteiger partial charge in [-0.15, -0.1) is 10.2 Å². The summed E-state index contributed by atoms with van der Waals surface area (Å²) >= 11 is 24.7. The van der Waals surface area contributed by atoms with Crippen molar-refractivity contribution < 1.29 is 22.8 Å². The number of aryl methyl sites for hydroxylation is 1. The summed E-state index contributed by atoms with van der Waals surface area (Å²) in [5.74, 6) is -2.69. The maximum Gasteiger partial charge on any atom is 0.455 e. The van der Waals surface area contributed by atoms with Crippen LogP contribution in [0.15, 0.2) is 54.7 Å². The van der Waals surface area contributed by atoms with Crippen molar-refractivity contribution in [2.45, 2.75) is 26.2 Å².